The highest BCUT2D eigenvalue weighted by Gasteiger charge is 1.96. The smallest absolute Gasteiger partial charge is 0.0948 e. The van der Waals surface area contributed by atoms with Crippen molar-refractivity contribution in [1.82, 2.24) is 9.55 Å². The first kappa shape index (κ1) is 10.3. The maximum absolute atomic E-state index is 4.10. The quantitative estimate of drug-likeness (QED) is 0.734. The van der Waals surface area contributed by atoms with Crippen LogP contribution in [0.4, 0.5) is 0 Å². The van der Waals surface area contributed by atoms with E-state index in [1.807, 2.05) is 30.4 Å². The van der Waals surface area contributed by atoms with Crippen molar-refractivity contribution in [3.8, 4) is 0 Å². The van der Waals surface area contributed by atoms with Crippen LogP contribution in [-0.4, -0.2) is 15.3 Å². The molecule has 1 heterocycles. The van der Waals surface area contributed by atoms with Crippen LogP contribution in [0.3, 0.4) is 0 Å². The van der Waals surface area contributed by atoms with Crippen molar-refractivity contribution in [2.45, 2.75) is 18.4 Å². The number of benzene rings is 1. The van der Waals surface area contributed by atoms with E-state index in [0.29, 0.717) is 0 Å². The molecule has 0 amide bonds. The molecule has 0 spiro atoms. The molecule has 1 aromatic carbocycles. The number of imidazole rings is 1. The van der Waals surface area contributed by atoms with Crippen molar-refractivity contribution in [1.29, 1.82) is 0 Å². The molecule has 0 radical (unpaired) electrons. The maximum Gasteiger partial charge on any atom is 0.0948 e. The molecule has 2 nitrogen and oxygen atoms in total. The molecule has 0 aliphatic rings. The van der Waals surface area contributed by atoms with Crippen molar-refractivity contribution in [3.63, 3.8) is 0 Å². The predicted octanol–water partition coefficient (Wildman–Crippen LogP) is 2.98. The van der Waals surface area contributed by atoms with Gasteiger partial charge in [-0.05, 0) is 19.1 Å². The number of aromatic nitrogens is 2. The Bertz CT molecular complexity index is 409. The normalized spacial score (nSPS) is 10.5. The molecule has 15 heavy (non-hydrogen) atoms. The van der Waals surface area contributed by atoms with E-state index in [-0.39, 0.29) is 0 Å². The number of hydrogen-bond donors (Lipinski definition) is 0. The summed E-state index contributed by atoms with van der Waals surface area (Å²) in [7, 11) is 0. The largest absolute Gasteiger partial charge is 0.334 e. The predicted molar refractivity (Wildman–Crippen MR) is 64.1 cm³/mol. The lowest BCUT2D eigenvalue weighted by atomic mass is 10.4. The molecule has 0 aliphatic heterocycles. The van der Waals surface area contributed by atoms with Crippen LogP contribution in [-0.2, 0) is 6.54 Å². The fraction of sp³-hybridized carbons (Fsp3) is 0.250. The van der Waals surface area contributed by atoms with Gasteiger partial charge in [-0.25, -0.2) is 4.98 Å². The molecule has 0 atom stereocenters. The molecule has 0 N–H and O–H groups in total. The molecule has 0 bridgehead atoms. The third-order valence-corrected chi connectivity index (χ3v) is 3.26. The Morgan fingerprint density at radius 3 is 2.73 bits per heavy atom. The van der Waals surface area contributed by atoms with Crippen LogP contribution in [0, 0.1) is 6.92 Å². The van der Waals surface area contributed by atoms with E-state index >= 15 is 0 Å². The van der Waals surface area contributed by atoms with Crippen LogP contribution < -0.4 is 0 Å². The highest BCUT2D eigenvalue weighted by Crippen LogP contribution is 2.17. The Hall–Kier alpha value is -1.22. The molecule has 0 unspecified atom stereocenters. The third kappa shape index (κ3) is 2.86. The van der Waals surface area contributed by atoms with E-state index in [0.717, 1.165) is 12.3 Å². The van der Waals surface area contributed by atoms with Crippen LogP contribution >= 0.6 is 11.8 Å². The Morgan fingerprint density at radius 1 is 1.27 bits per heavy atom. The first-order chi connectivity index (χ1) is 7.36. The fourth-order valence-corrected chi connectivity index (χ4v) is 2.27. The van der Waals surface area contributed by atoms with Crippen LogP contribution in [0.2, 0.25) is 0 Å². The third-order valence-electron chi connectivity index (χ3n) is 2.26. The van der Waals surface area contributed by atoms with Crippen molar-refractivity contribution in [3.05, 3.63) is 48.5 Å². The zero-order chi connectivity index (χ0) is 10.5. The van der Waals surface area contributed by atoms with E-state index in [1.165, 1.54) is 10.6 Å². The molecular weight excluding hydrogens is 204 g/mol. The van der Waals surface area contributed by atoms with E-state index in [1.54, 1.807) is 0 Å². The summed E-state index contributed by atoms with van der Waals surface area (Å²) in [4.78, 5) is 5.43. The lowest BCUT2D eigenvalue weighted by molar-refractivity contribution is 0.745. The molecule has 0 aliphatic carbocycles. The minimum absolute atomic E-state index is 1.02. The van der Waals surface area contributed by atoms with Crippen LogP contribution in [0.15, 0.2) is 47.8 Å². The molecule has 0 saturated heterocycles. The van der Waals surface area contributed by atoms with Gasteiger partial charge >= 0.3 is 0 Å². The maximum atomic E-state index is 4.10. The average molecular weight is 218 g/mol. The van der Waals surface area contributed by atoms with E-state index < -0.39 is 0 Å². The van der Waals surface area contributed by atoms with Gasteiger partial charge in [0.05, 0.1) is 6.33 Å². The Balaban J connectivity index is 1.83. The van der Waals surface area contributed by atoms with Crippen LogP contribution in [0.5, 0.6) is 0 Å². The molecule has 1 aromatic heterocycles. The van der Waals surface area contributed by atoms with Gasteiger partial charge in [0.1, 0.15) is 0 Å². The van der Waals surface area contributed by atoms with Gasteiger partial charge in [0, 0.05) is 29.1 Å². The second kappa shape index (κ2) is 5.03. The Morgan fingerprint density at radius 2 is 2.07 bits per heavy atom. The molecule has 2 aromatic rings. The second-order valence-electron chi connectivity index (χ2n) is 3.39. The summed E-state index contributed by atoms with van der Waals surface area (Å²) < 4.78 is 2.18. The average Bonchev–Trinajstić information content (AvgIpc) is 2.66. The van der Waals surface area contributed by atoms with Crippen molar-refractivity contribution >= 4 is 11.8 Å². The van der Waals surface area contributed by atoms with Gasteiger partial charge in [-0.1, -0.05) is 18.2 Å². The molecular formula is C12H14N2S. The number of hydrogen-bond acceptors (Lipinski definition) is 2. The van der Waals surface area contributed by atoms with E-state index in [9.17, 15) is 0 Å². The first-order valence-electron chi connectivity index (χ1n) is 5.01. The summed E-state index contributed by atoms with van der Waals surface area (Å²) in [6, 6.07) is 10.5. The van der Waals surface area contributed by atoms with Crippen molar-refractivity contribution in [2.24, 2.45) is 0 Å². The van der Waals surface area contributed by atoms with Crippen LogP contribution in [0.25, 0.3) is 0 Å². The van der Waals surface area contributed by atoms with E-state index in [4.69, 9.17) is 0 Å². The topological polar surface area (TPSA) is 17.8 Å². The number of nitrogens with zero attached hydrogens (tertiary/aromatic N) is 2. The van der Waals surface area contributed by atoms with Gasteiger partial charge < -0.3 is 4.57 Å². The number of thioether (sulfide) groups is 1. The minimum atomic E-state index is 1.02. The summed E-state index contributed by atoms with van der Waals surface area (Å²) in [6.07, 6.45) is 3.79. The van der Waals surface area contributed by atoms with Gasteiger partial charge in [0.15, 0.2) is 0 Å². The zero-order valence-electron chi connectivity index (χ0n) is 8.76. The standard InChI is InChI=1S/C12H14N2S/c1-11-9-13-10-14(11)7-8-15-12-5-3-2-4-6-12/h2-6,9-10H,7-8H2,1H3. The van der Waals surface area contributed by atoms with Crippen LogP contribution in [0.1, 0.15) is 5.69 Å². The Labute approximate surface area is 94.3 Å². The minimum Gasteiger partial charge on any atom is -0.334 e. The first-order valence-corrected chi connectivity index (χ1v) is 5.99. The molecule has 2 rings (SSSR count). The van der Waals surface area contributed by atoms with E-state index in [2.05, 4.69) is 40.7 Å². The van der Waals surface area contributed by atoms with Gasteiger partial charge in [-0.15, -0.1) is 11.8 Å². The number of aryl methyl sites for hydroxylation is 2. The summed E-state index contributed by atoms with van der Waals surface area (Å²) in [5.41, 5.74) is 1.23. The molecule has 0 saturated carbocycles. The molecule has 3 heteroatoms. The fourth-order valence-electron chi connectivity index (χ4n) is 1.40. The molecule has 78 valence electrons. The highest BCUT2D eigenvalue weighted by molar-refractivity contribution is 7.99. The molecule has 0 fully saturated rings. The van der Waals surface area contributed by atoms with Crippen molar-refractivity contribution in [2.75, 3.05) is 5.75 Å². The summed E-state index contributed by atoms with van der Waals surface area (Å²) >= 11 is 1.88. The van der Waals surface area contributed by atoms with Gasteiger partial charge in [0.2, 0.25) is 0 Å². The van der Waals surface area contributed by atoms with Crippen molar-refractivity contribution < 1.29 is 0 Å². The Kier molecular flexibility index (Phi) is 3.45. The summed E-state index contributed by atoms with van der Waals surface area (Å²) in [5, 5.41) is 0. The van der Waals surface area contributed by atoms with Gasteiger partial charge in [-0.3, -0.25) is 0 Å². The number of rotatable bonds is 4. The monoisotopic (exact) mass is 218 g/mol. The lowest BCUT2D eigenvalue weighted by Crippen LogP contribution is -2.00. The van der Waals surface area contributed by atoms with Gasteiger partial charge in [-0.2, -0.15) is 0 Å². The summed E-state index contributed by atoms with van der Waals surface area (Å²) in [5.74, 6) is 1.08. The second-order valence-corrected chi connectivity index (χ2v) is 4.56. The zero-order valence-corrected chi connectivity index (χ0v) is 9.57. The lowest BCUT2D eigenvalue weighted by Gasteiger charge is -2.04. The highest BCUT2D eigenvalue weighted by atomic mass is 32.2. The SMILES string of the molecule is Cc1cncn1CCSc1ccccc1. The van der Waals surface area contributed by atoms with Gasteiger partial charge in [0.25, 0.3) is 0 Å². The summed E-state index contributed by atoms with van der Waals surface area (Å²) in [6.45, 7) is 3.10.